The number of aromatic nitrogens is 2. The second-order valence-corrected chi connectivity index (χ2v) is 3.17. The second kappa shape index (κ2) is 2.87. The SMILES string of the molecule is Sn1ncc2c1CCCNC2. The molecule has 60 valence electrons. The summed E-state index contributed by atoms with van der Waals surface area (Å²) in [6.45, 7) is 2.04. The Labute approximate surface area is 71.3 Å². The van der Waals surface area contributed by atoms with Crippen LogP contribution in [0.2, 0.25) is 0 Å². The highest BCUT2D eigenvalue weighted by Crippen LogP contribution is 2.13. The zero-order valence-corrected chi connectivity index (χ0v) is 7.14. The molecule has 0 spiro atoms. The van der Waals surface area contributed by atoms with Crippen molar-refractivity contribution in [1.82, 2.24) is 14.5 Å². The smallest absolute Gasteiger partial charge is 0.0555 e. The fraction of sp³-hybridized carbons (Fsp3) is 0.571. The fourth-order valence-electron chi connectivity index (χ4n) is 1.41. The summed E-state index contributed by atoms with van der Waals surface area (Å²) in [5, 5.41) is 7.41. The van der Waals surface area contributed by atoms with E-state index in [9.17, 15) is 0 Å². The molecule has 0 radical (unpaired) electrons. The van der Waals surface area contributed by atoms with E-state index < -0.39 is 0 Å². The van der Waals surface area contributed by atoms with Crippen molar-refractivity contribution >= 4 is 12.8 Å². The maximum Gasteiger partial charge on any atom is 0.0555 e. The first-order valence-electron chi connectivity index (χ1n) is 3.83. The molecule has 0 aromatic carbocycles. The lowest BCUT2D eigenvalue weighted by Gasteiger charge is -1.97. The number of hydrogen-bond acceptors (Lipinski definition) is 3. The summed E-state index contributed by atoms with van der Waals surface area (Å²) in [4.78, 5) is 0. The van der Waals surface area contributed by atoms with Crippen LogP contribution in [0.3, 0.4) is 0 Å². The van der Waals surface area contributed by atoms with E-state index in [1.54, 1.807) is 4.09 Å². The number of thiol groups is 1. The maximum atomic E-state index is 4.21. The summed E-state index contributed by atoms with van der Waals surface area (Å²) < 4.78 is 1.68. The molecule has 0 fully saturated rings. The van der Waals surface area contributed by atoms with E-state index in [1.807, 2.05) is 6.20 Å². The fourth-order valence-corrected chi connectivity index (χ4v) is 1.69. The monoisotopic (exact) mass is 169 g/mol. The van der Waals surface area contributed by atoms with Crippen molar-refractivity contribution < 1.29 is 0 Å². The molecule has 0 amide bonds. The van der Waals surface area contributed by atoms with Crippen LogP contribution < -0.4 is 5.32 Å². The Kier molecular flexibility index (Phi) is 1.87. The number of nitrogens with zero attached hydrogens (tertiary/aromatic N) is 2. The van der Waals surface area contributed by atoms with E-state index in [1.165, 1.54) is 17.7 Å². The van der Waals surface area contributed by atoms with Crippen LogP contribution in [0.5, 0.6) is 0 Å². The van der Waals surface area contributed by atoms with Crippen LogP contribution in [-0.2, 0) is 13.0 Å². The molecule has 2 rings (SSSR count). The molecule has 0 unspecified atom stereocenters. The molecule has 1 aromatic rings. The Morgan fingerprint density at radius 2 is 2.55 bits per heavy atom. The second-order valence-electron chi connectivity index (χ2n) is 2.79. The molecule has 4 heteroatoms. The van der Waals surface area contributed by atoms with Gasteiger partial charge in [0.25, 0.3) is 0 Å². The number of fused-ring (bicyclic) bond motifs is 1. The summed E-state index contributed by atoms with van der Waals surface area (Å²) in [6.07, 6.45) is 4.16. The van der Waals surface area contributed by atoms with Gasteiger partial charge in [0.15, 0.2) is 0 Å². The third-order valence-electron chi connectivity index (χ3n) is 2.02. The highest BCUT2D eigenvalue weighted by Gasteiger charge is 2.10. The molecule has 0 aliphatic carbocycles. The van der Waals surface area contributed by atoms with Crippen molar-refractivity contribution in [3.05, 3.63) is 17.5 Å². The third kappa shape index (κ3) is 1.28. The quantitative estimate of drug-likeness (QED) is 0.557. The molecule has 2 heterocycles. The Morgan fingerprint density at radius 3 is 3.45 bits per heavy atom. The predicted molar refractivity (Wildman–Crippen MR) is 46.6 cm³/mol. The number of rotatable bonds is 0. The van der Waals surface area contributed by atoms with E-state index in [0.717, 1.165) is 19.5 Å². The van der Waals surface area contributed by atoms with Gasteiger partial charge in [-0.3, -0.25) is 0 Å². The molecule has 0 bridgehead atoms. The van der Waals surface area contributed by atoms with Gasteiger partial charge in [0, 0.05) is 12.1 Å². The first-order valence-corrected chi connectivity index (χ1v) is 4.23. The zero-order chi connectivity index (χ0) is 7.68. The Bertz CT molecular complexity index is 256. The summed E-state index contributed by atoms with van der Waals surface area (Å²) in [7, 11) is 0. The molecule has 1 aromatic heterocycles. The lowest BCUT2D eigenvalue weighted by atomic mass is 10.2. The highest BCUT2D eigenvalue weighted by atomic mass is 32.1. The van der Waals surface area contributed by atoms with Crippen molar-refractivity contribution in [2.45, 2.75) is 19.4 Å². The number of nitrogens with one attached hydrogen (secondary N) is 1. The van der Waals surface area contributed by atoms with Gasteiger partial charge in [0.2, 0.25) is 0 Å². The first kappa shape index (κ1) is 7.18. The van der Waals surface area contributed by atoms with Gasteiger partial charge in [-0.05, 0) is 32.2 Å². The van der Waals surface area contributed by atoms with Crippen LogP contribution in [0.4, 0.5) is 0 Å². The lowest BCUT2D eigenvalue weighted by molar-refractivity contribution is 0.674. The van der Waals surface area contributed by atoms with Gasteiger partial charge in [-0.25, -0.2) is 4.09 Å². The largest absolute Gasteiger partial charge is 0.313 e. The summed E-state index contributed by atoms with van der Waals surface area (Å²) in [5.74, 6) is 0. The standard InChI is InChI=1S/C7H11N3S/c11-10-7-2-1-3-8-4-6(7)5-9-10/h5,8,11H,1-4H2. The predicted octanol–water partition coefficient (Wildman–Crippen LogP) is 0.612. The molecule has 11 heavy (non-hydrogen) atoms. The molecule has 3 nitrogen and oxygen atoms in total. The van der Waals surface area contributed by atoms with Gasteiger partial charge >= 0.3 is 0 Å². The zero-order valence-electron chi connectivity index (χ0n) is 6.25. The van der Waals surface area contributed by atoms with Crippen LogP contribution in [0.1, 0.15) is 17.7 Å². The molecule has 0 saturated heterocycles. The van der Waals surface area contributed by atoms with Crippen molar-refractivity contribution in [1.29, 1.82) is 0 Å². The van der Waals surface area contributed by atoms with Crippen LogP contribution in [0, 0.1) is 0 Å². The summed E-state index contributed by atoms with van der Waals surface area (Å²) in [5.41, 5.74) is 2.55. The first-order chi connectivity index (χ1) is 5.38. The van der Waals surface area contributed by atoms with Gasteiger partial charge in [0.05, 0.1) is 11.9 Å². The topological polar surface area (TPSA) is 29.9 Å². The average molecular weight is 169 g/mol. The highest BCUT2D eigenvalue weighted by molar-refractivity contribution is 7.78. The molecule has 1 N–H and O–H groups in total. The van der Waals surface area contributed by atoms with Gasteiger partial charge in [-0.15, -0.1) is 0 Å². The van der Waals surface area contributed by atoms with Gasteiger partial charge in [0.1, 0.15) is 0 Å². The molecule has 0 saturated carbocycles. The van der Waals surface area contributed by atoms with Crippen molar-refractivity contribution in [3.63, 3.8) is 0 Å². The molecular formula is C7H11N3S. The van der Waals surface area contributed by atoms with Gasteiger partial charge in [-0.2, -0.15) is 5.10 Å². The normalized spacial score (nSPS) is 17.5. The molecular weight excluding hydrogens is 158 g/mol. The van der Waals surface area contributed by atoms with Gasteiger partial charge < -0.3 is 5.32 Å². The third-order valence-corrected chi connectivity index (χ3v) is 2.36. The average Bonchev–Trinajstić information content (AvgIpc) is 2.25. The molecule has 1 aliphatic heterocycles. The Balaban J connectivity index is 2.35. The molecule has 0 atom stereocenters. The minimum atomic E-state index is 0.940. The summed E-state index contributed by atoms with van der Waals surface area (Å²) >= 11 is 4.21. The van der Waals surface area contributed by atoms with Gasteiger partial charge in [-0.1, -0.05) is 0 Å². The lowest BCUT2D eigenvalue weighted by Crippen LogP contribution is -2.11. The van der Waals surface area contributed by atoms with Crippen LogP contribution in [-0.4, -0.2) is 15.7 Å². The van der Waals surface area contributed by atoms with E-state index in [-0.39, 0.29) is 0 Å². The Hall–Kier alpha value is -0.480. The number of hydrogen-bond donors (Lipinski definition) is 2. The van der Waals surface area contributed by atoms with E-state index in [4.69, 9.17) is 0 Å². The van der Waals surface area contributed by atoms with E-state index in [2.05, 4.69) is 23.2 Å². The minimum Gasteiger partial charge on any atom is -0.313 e. The maximum absolute atomic E-state index is 4.21. The van der Waals surface area contributed by atoms with Crippen LogP contribution >= 0.6 is 12.8 Å². The molecule has 1 aliphatic rings. The van der Waals surface area contributed by atoms with E-state index in [0.29, 0.717) is 0 Å². The van der Waals surface area contributed by atoms with Crippen LogP contribution in [0.25, 0.3) is 0 Å². The summed E-state index contributed by atoms with van der Waals surface area (Å²) in [6, 6.07) is 0. The minimum absolute atomic E-state index is 0.940. The van der Waals surface area contributed by atoms with Crippen molar-refractivity contribution in [3.8, 4) is 0 Å². The van der Waals surface area contributed by atoms with E-state index >= 15 is 0 Å². The Morgan fingerprint density at radius 1 is 1.64 bits per heavy atom. The van der Waals surface area contributed by atoms with Crippen molar-refractivity contribution in [2.75, 3.05) is 6.54 Å². The van der Waals surface area contributed by atoms with Crippen molar-refractivity contribution in [2.24, 2.45) is 0 Å². The van der Waals surface area contributed by atoms with Crippen LogP contribution in [0.15, 0.2) is 6.20 Å².